The van der Waals surface area contributed by atoms with Crippen LogP contribution in [0.25, 0.3) is 15.9 Å². The van der Waals surface area contributed by atoms with Crippen LogP contribution in [0.5, 0.6) is 0 Å². The molecule has 2 heterocycles. The summed E-state index contributed by atoms with van der Waals surface area (Å²) in [4.78, 5) is 33.5. The molecule has 0 unspecified atom stereocenters. The van der Waals surface area contributed by atoms with Gasteiger partial charge in [-0.2, -0.15) is 0 Å². The highest BCUT2D eigenvalue weighted by atomic mass is 32.2. The zero-order valence-electron chi connectivity index (χ0n) is 19.6. The Morgan fingerprint density at radius 2 is 1.82 bits per heavy atom. The van der Waals surface area contributed by atoms with E-state index < -0.39 is 0 Å². The molecule has 0 aliphatic heterocycles. The summed E-state index contributed by atoms with van der Waals surface area (Å²) < 4.78 is 1.68. The molecule has 2 aromatic heterocycles. The molecule has 5 rings (SSSR count). The Balaban J connectivity index is 1.50. The van der Waals surface area contributed by atoms with Crippen LogP contribution in [-0.4, -0.2) is 21.2 Å². The number of aryl methyl sites for hydroxylation is 5. The van der Waals surface area contributed by atoms with Gasteiger partial charge < -0.3 is 5.32 Å². The monoisotopic (exact) mass is 489 g/mol. The molecular formula is C27H27N3O2S2. The zero-order chi connectivity index (χ0) is 23.8. The Bertz CT molecular complexity index is 1450. The molecular weight excluding hydrogens is 462 g/mol. The molecule has 0 saturated carbocycles. The lowest BCUT2D eigenvalue weighted by molar-refractivity contribution is -0.113. The van der Waals surface area contributed by atoms with E-state index in [1.165, 1.54) is 27.8 Å². The van der Waals surface area contributed by atoms with Crippen molar-refractivity contribution in [1.82, 2.24) is 9.55 Å². The van der Waals surface area contributed by atoms with Crippen molar-refractivity contribution in [2.75, 3.05) is 11.1 Å². The summed E-state index contributed by atoms with van der Waals surface area (Å²) in [7, 11) is 0. The number of hydrogen-bond acceptors (Lipinski definition) is 5. The third kappa shape index (κ3) is 4.42. The molecule has 1 aliphatic carbocycles. The normalized spacial score (nSPS) is 13.1. The van der Waals surface area contributed by atoms with Gasteiger partial charge in [-0.15, -0.1) is 11.3 Å². The Labute approximate surface area is 207 Å². The number of anilines is 1. The number of carbonyl (C=O) groups is 1. The van der Waals surface area contributed by atoms with Gasteiger partial charge in [0, 0.05) is 10.6 Å². The van der Waals surface area contributed by atoms with Crippen LogP contribution in [0.15, 0.2) is 52.4 Å². The van der Waals surface area contributed by atoms with Gasteiger partial charge in [0.25, 0.3) is 5.56 Å². The van der Waals surface area contributed by atoms with Crippen LogP contribution < -0.4 is 10.9 Å². The molecule has 2 aromatic carbocycles. The van der Waals surface area contributed by atoms with Crippen molar-refractivity contribution in [3.63, 3.8) is 0 Å². The lowest BCUT2D eigenvalue weighted by Gasteiger charge is -2.14. The van der Waals surface area contributed by atoms with Crippen molar-refractivity contribution in [1.29, 1.82) is 0 Å². The minimum Gasteiger partial charge on any atom is -0.325 e. The van der Waals surface area contributed by atoms with Crippen LogP contribution in [-0.2, 0) is 17.6 Å². The maximum Gasteiger partial charge on any atom is 0.267 e. The number of nitrogens with zero attached hydrogens (tertiary/aromatic N) is 2. The molecule has 0 bridgehead atoms. The van der Waals surface area contributed by atoms with Gasteiger partial charge in [0.1, 0.15) is 4.83 Å². The molecule has 1 amide bonds. The van der Waals surface area contributed by atoms with Crippen molar-refractivity contribution in [2.24, 2.45) is 0 Å². The zero-order valence-corrected chi connectivity index (χ0v) is 21.2. The van der Waals surface area contributed by atoms with E-state index in [1.54, 1.807) is 15.9 Å². The quantitative estimate of drug-likeness (QED) is 0.277. The summed E-state index contributed by atoms with van der Waals surface area (Å²) in [5.74, 6) is 0.0467. The van der Waals surface area contributed by atoms with E-state index >= 15 is 0 Å². The molecule has 0 atom stereocenters. The summed E-state index contributed by atoms with van der Waals surface area (Å²) in [6.45, 7) is 6.10. The fourth-order valence-electron chi connectivity index (χ4n) is 4.35. The first-order valence-corrected chi connectivity index (χ1v) is 13.3. The van der Waals surface area contributed by atoms with Crippen molar-refractivity contribution in [2.45, 2.75) is 51.6 Å². The second kappa shape index (κ2) is 9.39. The fourth-order valence-corrected chi connectivity index (χ4v) is 6.47. The standard InChI is InChI=1S/C27H27N3O2S2/c1-16-8-12-20(13-9-16)30-26(32)24-21-6-4-5-7-22(21)34-25(24)29-27(30)33-15-23(31)28-19-11-10-17(2)18(3)14-19/h8-14H,4-7,15H2,1-3H3,(H,28,31). The van der Waals surface area contributed by atoms with Crippen molar-refractivity contribution in [3.05, 3.63) is 79.9 Å². The van der Waals surface area contributed by atoms with Crippen LogP contribution in [0.4, 0.5) is 5.69 Å². The second-order valence-electron chi connectivity index (χ2n) is 8.90. The van der Waals surface area contributed by atoms with E-state index in [0.29, 0.717) is 5.16 Å². The molecule has 0 saturated heterocycles. The highest BCUT2D eigenvalue weighted by Crippen LogP contribution is 2.35. The first-order valence-electron chi connectivity index (χ1n) is 11.5. The van der Waals surface area contributed by atoms with Gasteiger partial charge in [-0.1, -0.05) is 35.5 Å². The van der Waals surface area contributed by atoms with Crippen LogP contribution in [0, 0.1) is 20.8 Å². The minimum atomic E-state index is -0.122. The summed E-state index contributed by atoms with van der Waals surface area (Å²) in [5.41, 5.74) is 6.13. The summed E-state index contributed by atoms with van der Waals surface area (Å²) in [6.07, 6.45) is 4.22. The first kappa shape index (κ1) is 22.9. The first-order chi connectivity index (χ1) is 16.4. The maximum atomic E-state index is 13.8. The maximum absolute atomic E-state index is 13.8. The lowest BCUT2D eigenvalue weighted by Crippen LogP contribution is -2.23. The Hall–Kier alpha value is -2.90. The summed E-state index contributed by atoms with van der Waals surface area (Å²) >= 11 is 2.94. The topological polar surface area (TPSA) is 64.0 Å². The fraction of sp³-hybridized carbons (Fsp3) is 0.296. The van der Waals surface area contributed by atoms with Gasteiger partial charge in [0.15, 0.2) is 5.16 Å². The number of aromatic nitrogens is 2. The average Bonchev–Trinajstić information content (AvgIpc) is 3.20. The number of thioether (sulfide) groups is 1. The molecule has 174 valence electrons. The molecule has 1 aliphatic rings. The number of amides is 1. The third-order valence-corrected chi connectivity index (χ3v) is 8.50. The van der Waals surface area contributed by atoms with Crippen LogP contribution in [0.1, 0.15) is 40.0 Å². The smallest absolute Gasteiger partial charge is 0.267 e. The molecule has 0 radical (unpaired) electrons. The number of thiophene rings is 1. The second-order valence-corrected chi connectivity index (χ2v) is 10.9. The van der Waals surface area contributed by atoms with Gasteiger partial charge in [-0.3, -0.25) is 14.2 Å². The molecule has 7 heteroatoms. The van der Waals surface area contributed by atoms with Crippen LogP contribution >= 0.6 is 23.1 Å². The Kier molecular flexibility index (Phi) is 6.32. The van der Waals surface area contributed by atoms with Gasteiger partial charge in [0.2, 0.25) is 5.91 Å². The average molecular weight is 490 g/mol. The number of hydrogen-bond donors (Lipinski definition) is 1. The molecule has 1 N–H and O–H groups in total. The molecule has 34 heavy (non-hydrogen) atoms. The predicted molar refractivity (Wildman–Crippen MR) is 142 cm³/mol. The van der Waals surface area contributed by atoms with Gasteiger partial charge in [-0.05, 0) is 87.4 Å². The number of carbonyl (C=O) groups excluding carboxylic acids is 1. The van der Waals surface area contributed by atoms with Crippen molar-refractivity contribution in [3.8, 4) is 5.69 Å². The Morgan fingerprint density at radius 1 is 1.06 bits per heavy atom. The molecule has 0 spiro atoms. The van der Waals surface area contributed by atoms with Crippen molar-refractivity contribution < 1.29 is 4.79 Å². The largest absolute Gasteiger partial charge is 0.325 e. The Morgan fingerprint density at radius 3 is 2.59 bits per heavy atom. The molecule has 4 aromatic rings. The lowest BCUT2D eigenvalue weighted by atomic mass is 9.97. The SMILES string of the molecule is Cc1ccc(-n2c(SCC(=O)Nc3ccc(C)c(C)c3)nc3sc4c(c3c2=O)CCCC4)cc1. The summed E-state index contributed by atoms with van der Waals surface area (Å²) in [6, 6.07) is 13.8. The highest BCUT2D eigenvalue weighted by Gasteiger charge is 2.23. The van der Waals surface area contributed by atoms with Crippen LogP contribution in [0.3, 0.4) is 0 Å². The third-order valence-electron chi connectivity index (χ3n) is 6.37. The summed E-state index contributed by atoms with van der Waals surface area (Å²) in [5, 5.41) is 4.27. The minimum absolute atomic E-state index is 0.0367. The highest BCUT2D eigenvalue weighted by molar-refractivity contribution is 7.99. The molecule has 5 nitrogen and oxygen atoms in total. The van der Waals surface area contributed by atoms with Gasteiger partial charge in [0.05, 0.1) is 16.8 Å². The van der Waals surface area contributed by atoms with E-state index in [4.69, 9.17) is 4.98 Å². The predicted octanol–water partition coefficient (Wildman–Crippen LogP) is 5.98. The van der Waals surface area contributed by atoms with Gasteiger partial charge >= 0.3 is 0 Å². The number of fused-ring (bicyclic) bond motifs is 3. The number of rotatable bonds is 5. The van der Waals surface area contributed by atoms with E-state index in [0.717, 1.165) is 58.4 Å². The van der Waals surface area contributed by atoms with E-state index in [1.807, 2.05) is 63.2 Å². The van der Waals surface area contributed by atoms with Crippen molar-refractivity contribution >= 4 is 44.9 Å². The van der Waals surface area contributed by atoms with Gasteiger partial charge in [-0.25, -0.2) is 4.98 Å². The van der Waals surface area contributed by atoms with Crippen LogP contribution in [0.2, 0.25) is 0 Å². The number of benzene rings is 2. The number of nitrogens with one attached hydrogen (secondary N) is 1. The van der Waals surface area contributed by atoms with E-state index in [2.05, 4.69) is 5.32 Å². The van der Waals surface area contributed by atoms with E-state index in [9.17, 15) is 9.59 Å². The molecule has 0 fully saturated rings. The van der Waals surface area contributed by atoms with E-state index in [-0.39, 0.29) is 17.2 Å².